The van der Waals surface area contributed by atoms with E-state index in [9.17, 15) is 8.42 Å². The zero-order valence-electron chi connectivity index (χ0n) is 12.4. The fraction of sp³-hybridized carbons (Fsp3) is 0.500. The summed E-state index contributed by atoms with van der Waals surface area (Å²) in [5.41, 5.74) is 1.46. The van der Waals surface area contributed by atoms with Crippen LogP contribution in [0.15, 0.2) is 11.2 Å². The fourth-order valence-corrected chi connectivity index (χ4v) is 4.49. The highest BCUT2D eigenvalue weighted by molar-refractivity contribution is 7.89. The first kappa shape index (κ1) is 16.1. The molecule has 116 valence electrons. The molecule has 1 unspecified atom stereocenters. The molecule has 1 atom stereocenters. The van der Waals surface area contributed by atoms with Crippen molar-refractivity contribution in [2.24, 2.45) is 0 Å². The summed E-state index contributed by atoms with van der Waals surface area (Å²) in [6, 6.07) is -0.341. The minimum absolute atomic E-state index is 0.0996. The third kappa shape index (κ3) is 3.49. The van der Waals surface area contributed by atoms with E-state index in [-0.39, 0.29) is 11.1 Å². The zero-order chi connectivity index (χ0) is 15.6. The third-order valence-corrected chi connectivity index (χ3v) is 5.79. The number of hydrogen-bond donors (Lipinski definition) is 3. The Morgan fingerprint density at radius 2 is 2.14 bits per heavy atom. The number of aromatic nitrogens is 3. The molecule has 21 heavy (non-hydrogen) atoms. The Kier molecular flexibility index (Phi) is 4.77. The van der Waals surface area contributed by atoms with Gasteiger partial charge in [0.05, 0.1) is 22.9 Å². The van der Waals surface area contributed by atoms with Crippen LogP contribution in [0.4, 0.5) is 0 Å². The molecule has 0 saturated carbocycles. The average Bonchev–Trinajstić information content (AvgIpc) is 2.96. The van der Waals surface area contributed by atoms with E-state index in [0.717, 1.165) is 15.6 Å². The first-order valence-electron chi connectivity index (χ1n) is 6.48. The second kappa shape index (κ2) is 6.22. The van der Waals surface area contributed by atoms with E-state index < -0.39 is 10.0 Å². The van der Waals surface area contributed by atoms with Gasteiger partial charge in [0.15, 0.2) is 5.03 Å². The summed E-state index contributed by atoms with van der Waals surface area (Å²) in [5, 5.41) is 10.3. The standard InChI is InChI=1S/C12H19N5O2S2/c1-7-11(20-9(3)15-7)8(2)17-21(18,19)12-10(5-13-4)6-14-16-12/h6,8,13,17H,5H2,1-4H3,(H,14,16). The molecule has 0 aliphatic rings. The molecule has 7 nitrogen and oxygen atoms in total. The van der Waals surface area contributed by atoms with E-state index in [1.54, 1.807) is 7.05 Å². The largest absolute Gasteiger partial charge is 0.316 e. The maximum Gasteiger partial charge on any atom is 0.258 e. The van der Waals surface area contributed by atoms with Crippen LogP contribution in [0.2, 0.25) is 0 Å². The van der Waals surface area contributed by atoms with Gasteiger partial charge in [-0.3, -0.25) is 5.10 Å². The van der Waals surface area contributed by atoms with Crippen LogP contribution in [-0.4, -0.2) is 30.6 Å². The maximum absolute atomic E-state index is 12.5. The normalized spacial score (nSPS) is 13.5. The van der Waals surface area contributed by atoms with Crippen molar-refractivity contribution in [1.82, 2.24) is 25.2 Å². The van der Waals surface area contributed by atoms with Crippen LogP contribution in [0.25, 0.3) is 0 Å². The highest BCUT2D eigenvalue weighted by Crippen LogP contribution is 2.26. The molecule has 0 amide bonds. The first-order chi connectivity index (χ1) is 9.85. The van der Waals surface area contributed by atoms with Crippen LogP contribution >= 0.6 is 11.3 Å². The van der Waals surface area contributed by atoms with Gasteiger partial charge in [0, 0.05) is 17.0 Å². The second-order valence-electron chi connectivity index (χ2n) is 4.78. The number of rotatable bonds is 6. The van der Waals surface area contributed by atoms with Gasteiger partial charge in [0.1, 0.15) is 0 Å². The fourth-order valence-electron chi connectivity index (χ4n) is 2.14. The molecule has 0 fully saturated rings. The summed E-state index contributed by atoms with van der Waals surface area (Å²) in [6.45, 7) is 6.03. The van der Waals surface area contributed by atoms with Gasteiger partial charge in [-0.15, -0.1) is 11.3 Å². The molecule has 0 aromatic carbocycles. The van der Waals surface area contributed by atoms with Crippen molar-refractivity contribution in [2.75, 3.05) is 7.05 Å². The predicted molar refractivity (Wildman–Crippen MR) is 81.7 cm³/mol. The van der Waals surface area contributed by atoms with Gasteiger partial charge < -0.3 is 5.32 Å². The van der Waals surface area contributed by atoms with Crippen molar-refractivity contribution in [2.45, 2.75) is 38.4 Å². The SMILES string of the molecule is CNCc1cn[nH]c1S(=O)(=O)NC(C)c1sc(C)nc1C. The summed E-state index contributed by atoms with van der Waals surface area (Å²) in [5.74, 6) is 0. The van der Waals surface area contributed by atoms with E-state index in [0.29, 0.717) is 12.1 Å². The predicted octanol–water partition coefficient (Wildman–Crippen LogP) is 1.24. The molecule has 0 aliphatic carbocycles. The lowest BCUT2D eigenvalue weighted by Gasteiger charge is -2.13. The Hall–Kier alpha value is -1.29. The van der Waals surface area contributed by atoms with Gasteiger partial charge in [-0.05, 0) is 27.8 Å². The van der Waals surface area contributed by atoms with Crippen LogP contribution in [0.1, 0.15) is 34.1 Å². The van der Waals surface area contributed by atoms with E-state index in [1.807, 2.05) is 20.8 Å². The molecule has 2 aromatic rings. The van der Waals surface area contributed by atoms with Crippen LogP contribution in [-0.2, 0) is 16.6 Å². The van der Waals surface area contributed by atoms with Crippen molar-refractivity contribution in [3.05, 3.63) is 27.3 Å². The van der Waals surface area contributed by atoms with E-state index in [1.165, 1.54) is 17.5 Å². The van der Waals surface area contributed by atoms with Gasteiger partial charge >= 0.3 is 0 Å². The number of aromatic amines is 1. The van der Waals surface area contributed by atoms with E-state index >= 15 is 0 Å². The molecule has 0 spiro atoms. The van der Waals surface area contributed by atoms with E-state index in [2.05, 4.69) is 25.2 Å². The summed E-state index contributed by atoms with van der Waals surface area (Å²) in [6.07, 6.45) is 1.51. The average molecular weight is 329 g/mol. The summed E-state index contributed by atoms with van der Waals surface area (Å²) < 4.78 is 27.6. The molecule has 0 bridgehead atoms. The number of nitrogens with zero attached hydrogens (tertiary/aromatic N) is 2. The Morgan fingerprint density at radius 1 is 1.43 bits per heavy atom. The third-order valence-electron chi connectivity index (χ3n) is 2.98. The monoisotopic (exact) mass is 329 g/mol. The summed E-state index contributed by atoms with van der Waals surface area (Å²) in [7, 11) is -1.90. The Balaban J connectivity index is 2.25. The lowest BCUT2D eigenvalue weighted by Crippen LogP contribution is -2.28. The minimum Gasteiger partial charge on any atom is -0.316 e. The van der Waals surface area contributed by atoms with Crippen molar-refractivity contribution in [3.8, 4) is 0 Å². The quantitative estimate of drug-likeness (QED) is 0.740. The molecule has 2 heterocycles. The molecule has 9 heteroatoms. The number of hydrogen-bond acceptors (Lipinski definition) is 6. The number of H-pyrrole nitrogens is 1. The second-order valence-corrected chi connectivity index (χ2v) is 7.67. The van der Waals surface area contributed by atoms with Gasteiger partial charge in [0.25, 0.3) is 10.0 Å². The van der Waals surface area contributed by atoms with Crippen molar-refractivity contribution in [3.63, 3.8) is 0 Å². The molecule has 3 N–H and O–H groups in total. The molecule has 0 aliphatic heterocycles. The highest BCUT2D eigenvalue weighted by Gasteiger charge is 2.25. The molecule has 2 rings (SSSR count). The van der Waals surface area contributed by atoms with Crippen molar-refractivity contribution >= 4 is 21.4 Å². The molecule has 2 aromatic heterocycles. The number of nitrogens with one attached hydrogen (secondary N) is 3. The maximum atomic E-state index is 12.5. The van der Waals surface area contributed by atoms with Crippen LogP contribution in [0.3, 0.4) is 0 Å². The first-order valence-corrected chi connectivity index (χ1v) is 8.78. The van der Waals surface area contributed by atoms with Gasteiger partial charge in [-0.2, -0.15) is 5.10 Å². The van der Waals surface area contributed by atoms with E-state index in [4.69, 9.17) is 0 Å². The lowest BCUT2D eigenvalue weighted by molar-refractivity contribution is 0.561. The van der Waals surface area contributed by atoms with Crippen LogP contribution < -0.4 is 10.0 Å². The lowest BCUT2D eigenvalue weighted by atomic mass is 10.2. The molecular weight excluding hydrogens is 310 g/mol. The minimum atomic E-state index is -3.65. The summed E-state index contributed by atoms with van der Waals surface area (Å²) >= 11 is 1.50. The molecule has 0 radical (unpaired) electrons. The summed E-state index contributed by atoms with van der Waals surface area (Å²) in [4.78, 5) is 5.25. The van der Waals surface area contributed by atoms with Gasteiger partial charge in [-0.1, -0.05) is 0 Å². The van der Waals surface area contributed by atoms with Gasteiger partial charge in [0.2, 0.25) is 0 Å². The topological polar surface area (TPSA) is 99.8 Å². The number of sulfonamides is 1. The van der Waals surface area contributed by atoms with Crippen molar-refractivity contribution < 1.29 is 8.42 Å². The molecular formula is C12H19N5O2S2. The number of aryl methyl sites for hydroxylation is 2. The zero-order valence-corrected chi connectivity index (χ0v) is 14.0. The van der Waals surface area contributed by atoms with Crippen molar-refractivity contribution in [1.29, 1.82) is 0 Å². The highest BCUT2D eigenvalue weighted by atomic mass is 32.2. The van der Waals surface area contributed by atoms with Crippen LogP contribution in [0.5, 0.6) is 0 Å². The Bertz CT molecular complexity index is 720. The van der Waals surface area contributed by atoms with Gasteiger partial charge in [-0.25, -0.2) is 18.1 Å². The smallest absolute Gasteiger partial charge is 0.258 e. The van der Waals surface area contributed by atoms with Crippen LogP contribution in [0, 0.1) is 13.8 Å². The number of thiazole rings is 1. The molecule has 0 saturated heterocycles. The Morgan fingerprint density at radius 3 is 2.71 bits per heavy atom. The Labute approximate surface area is 128 Å².